The summed E-state index contributed by atoms with van der Waals surface area (Å²) in [7, 11) is 0. The van der Waals surface area contributed by atoms with Crippen LogP contribution in [0.2, 0.25) is 0 Å². The van der Waals surface area contributed by atoms with Crippen LogP contribution in [0, 0.1) is 0 Å². The Kier molecular flexibility index (Phi) is 6.44. The molecule has 1 N–H and O–H groups in total. The number of esters is 1. The molecule has 1 aliphatic rings. The van der Waals surface area contributed by atoms with Gasteiger partial charge in [0.25, 0.3) is 0 Å². The molecule has 0 saturated carbocycles. The number of hydrogen-bond acceptors (Lipinski definition) is 6. The minimum absolute atomic E-state index is 0.0620. The fourth-order valence-electron chi connectivity index (χ4n) is 3.90. The van der Waals surface area contributed by atoms with Crippen LogP contribution in [0.15, 0.2) is 60.9 Å². The average molecular weight is 405 g/mol. The third-order valence-electron chi connectivity index (χ3n) is 5.28. The molecule has 0 radical (unpaired) electrons. The van der Waals surface area contributed by atoms with Gasteiger partial charge in [-0.2, -0.15) is 0 Å². The summed E-state index contributed by atoms with van der Waals surface area (Å²) in [4.78, 5) is 18.1. The molecule has 156 valence electrons. The normalized spacial score (nSPS) is 16.5. The third-order valence-corrected chi connectivity index (χ3v) is 5.28. The summed E-state index contributed by atoms with van der Waals surface area (Å²) in [6.45, 7) is 4.96. The predicted octanol–water partition coefficient (Wildman–Crippen LogP) is 3.86. The summed E-state index contributed by atoms with van der Waals surface area (Å²) in [5, 5.41) is 6.07. The maximum absolute atomic E-state index is 11.5. The van der Waals surface area contributed by atoms with Crippen molar-refractivity contribution in [3.8, 4) is 5.75 Å². The van der Waals surface area contributed by atoms with E-state index in [-0.39, 0.29) is 12.6 Å². The van der Waals surface area contributed by atoms with E-state index in [1.807, 2.05) is 30.6 Å². The topological polar surface area (TPSA) is 63.7 Å². The number of pyridine rings is 1. The first-order valence-electron chi connectivity index (χ1n) is 10.4. The maximum atomic E-state index is 11.5. The van der Waals surface area contributed by atoms with Gasteiger partial charge in [0, 0.05) is 54.5 Å². The van der Waals surface area contributed by atoms with Crippen LogP contribution in [-0.4, -0.2) is 48.2 Å². The zero-order valence-corrected chi connectivity index (χ0v) is 17.2. The van der Waals surface area contributed by atoms with E-state index in [0.29, 0.717) is 18.4 Å². The van der Waals surface area contributed by atoms with Gasteiger partial charge in [-0.25, -0.2) is 4.79 Å². The summed E-state index contributed by atoms with van der Waals surface area (Å²) in [5.74, 6) is 0.347. The lowest BCUT2D eigenvalue weighted by molar-refractivity contribution is -0.145. The largest absolute Gasteiger partial charge is 0.482 e. The molecule has 0 aliphatic carbocycles. The molecule has 2 aromatic carbocycles. The van der Waals surface area contributed by atoms with Crippen molar-refractivity contribution < 1.29 is 14.3 Å². The van der Waals surface area contributed by atoms with Gasteiger partial charge >= 0.3 is 5.97 Å². The second-order valence-corrected chi connectivity index (χ2v) is 7.51. The maximum Gasteiger partial charge on any atom is 0.344 e. The summed E-state index contributed by atoms with van der Waals surface area (Å²) < 4.78 is 10.5. The quantitative estimate of drug-likeness (QED) is 0.574. The van der Waals surface area contributed by atoms with E-state index in [1.165, 1.54) is 10.9 Å². The second-order valence-electron chi connectivity index (χ2n) is 7.51. The predicted molar refractivity (Wildman–Crippen MR) is 118 cm³/mol. The Hall–Kier alpha value is -3.12. The van der Waals surface area contributed by atoms with Gasteiger partial charge in [-0.1, -0.05) is 24.3 Å². The molecule has 6 nitrogen and oxygen atoms in total. The van der Waals surface area contributed by atoms with E-state index in [0.717, 1.165) is 37.1 Å². The monoisotopic (exact) mass is 405 g/mol. The van der Waals surface area contributed by atoms with Crippen LogP contribution >= 0.6 is 0 Å². The summed E-state index contributed by atoms with van der Waals surface area (Å²) in [6.07, 6.45) is 4.84. The molecule has 2 heterocycles. The number of fused-ring (bicyclic) bond motifs is 1. The number of anilines is 1. The number of benzene rings is 2. The van der Waals surface area contributed by atoms with Crippen LogP contribution in [0.4, 0.5) is 5.69 Å². The lowest BCUT2D eigenvalue weighted by Crippen LogP contribution is -2.26. The van der Waals surface area contributed by atoms with Gasteiger partial charge in [0.1, 0.15) is 5.75 Å². The number of hydrogen-bond donors (Lipinski definition) is 1. The summed E-state index contributed by atoms with van der Waals surface area (Å²) >= 11 is 0. The highest BCUT2D eigenvalue weighted by atomic mass is 16.6. The van der Waals surface area contributed by atoms with Gasteiger partial charge in [-0.3, -0.25) is 9.88 Å². The van der Waals surface area contributed by atoms with Gasteiger partial charge in [-0.15, -0.1) is 0 Å². The molecule has 1 fully saturated rings. The van der Waals surface area contributed by atoms with Gasteiger partial charge in [0.15, 0.2) is 6.61 Å². The third kappa shape index (κ3) is 5.07. The van der Waals surface area contributed by atoms with Crippen molar-refractivity contribution in [2.24, 2.45) is 0 Å². The molecule has 1 saturated heterocycles. The number of aromatic nitrogens is 1. The van der Waals surface area contributed by atoms with Gasteiger partial charge < -0.3 is 14.8 Å². The second kappa shape index (κ2) is 9.59. The molecule has 6 heteroatoms. The van der Waals surface area contributed by atoms with Gasteiger partial charge in [0.2, 0.25) is 0 Å². The van der Waals surface area contributed by atoms with Gasteiger partial charge in [-0.05, 0) is 43.2 Å². The van der Waals surface area contributed by atoms with E-state index in [9.17, 15) is 4.79 Å². The van der Waals surface area contributed by atoms with Crippen LogP contribution in [0.1, 0.15) is 18.9 Å². The molecule has 3 aromatic rings. The van der Waals surface area contributed by atoms with E-state index in [4.69, 9.17) is 9.47 Å². The zero-order chi connectivity index (χ0) is 20.8. The van der Waals surface area contributed by atoms with Crippen LogP contribution in [0.3, 0.4) is 0 Å². The Morgan fingerprint density at radius 2 is 2.13 bits per heavy atom. The molecule has 0 bridgehead atoms. The number of nitrogens with zero attached hydrogens (tertiary/aromatic N) is 2. The summed E-state index contributed by atoms with van der Waals surface area (Å²) in [6, 6.07) is 16.7. The summed E-state index contributed by atoms with van der Waals surface area (Å²) in [5.41, 5.74) is 2.34. The van der Waals surface area contributed by atoms with Crippen LogP contribution in [0.25, 0.3) is 10.8 Å². The van der Waals surface area contributed by atoms with Gasteiger partial charge in [0.05, 0.1) is 6.61 Å². The van der Waals surface area contributed by atoms with Crippen molar-refractivity contribution in [1.29, 1.82) is 0 Å². The molecule has 1 aliphatic heterocycles. The number of ether oxygens (including phenoxy) is 2. The van der Waals surface area contributed by atoms with Crippen molar-refractivity contribution in [3.63, 3.8) is 0 Å². The number of carbonyl (C=O) groups excluding carboxylic acids is 1. The molecule has 0 amide bonds. The molecule has 30 heavy (non-hydrogen) atoms. The highest BCUT2D eigenvalue weighted by molar-refractivity contribution is 5.93. The molecule has 0 spiro atoms. The van der Waals surface area contributed by atoms with E-state index < -0.39 is 0 Å². The molecule has 1 aromatic heterocycles. The van der Waals surface area contributed by atoms with Crippen LogP contribution in [0.5, 0.6) is 5.75 Å². The Morgan fingerprint density at radius 1 is 1.23 bits per heavy atom. The Balaban J connectivity index is 1.33. The van der Waals surface area contributed by atoms with Crippen molar-refractivity contribution >= 4 is 22.4 Å². The highest BCUT2D eigenvalue weighted by Crippen LogP contribution is 2.25. The van der Waals surface area contributed by atoms with Crippen molar-refractivity contribution in [3.05, 3.63) is 66.5 Å². The first kappa shape index (κ1) is 20.2. The fraction of sp³-hybridized carbons (Fsp3) is 0.333. The zero-order valence-electron chi connectivity index (χ0n) is 17.2. The van der Waals surface area contributed by atoms with E-state index in [1.54, 1.807) is 6.92 Å². The lowest BCUT2D eigenvalue weighted by Gasteiger charge is -2.18. The Bertz CT molecular complexity index is 1000. The average Bonchev–Trinajstić information content (AvgIpc) is 3.20. The first-order valence-corrected chi connectivity index (χ1v) is 10.4. The minimum atomic E-state index is -0.347. The van der Waals surface area contributed by atoms with E-state index >= 15 is 0 Å². The smallest absolute Gasteiger partial charge is 0.344 e. The highest BCUT2D eigenvalue weighted by Gasteiger charge is 2.23. The van der Waals surface area contributed by atoms with Crippen LogP contribution in [-0.2, 0) is 16.1 Å². The molecule has 1 unspecified atom stereocenters. The number of likely N-dealkylation sites (tertiary alicyclic amines) is 1. The van der Waals surface area contributed by atoms with Crippen LogP contribution < -0.4 is 10.1 Å². The number of carbonyl (C=O) groups is 1. The number of nitrogens with one attached hydrogen (secondary N) is 1. The lowest BCUT2D eigenvalue weighted by atomic mass is 10.1. The van der Waals surface area contributed by atoms with Crippen molar-refractivity contribution in [2.45, 2.75) is 25.9 Å². The van der Waals surface area contributed by atoms with E-state index in [2.05, 4.69) is 45.5 Å². The molecular weight excluding hydrogens is 378 g/mol. The minimum Gasteiger partial charge on any atom is -0.482 e. The first-order chi connectivity index (χ1) is 14.7. The molecule has 1 atom stereocenters. The number of rotatable bonds is 8. The Labute approximate surface area is 176 Å². The Morgan fingerprint density at radius 3 is 3.03 bits per heavy atom. The SMILES string of the molecule is CCOC(=O)COc1cccc(CN2CCC(Nc3cccc4cnccc34)C2)c1. The molecular formula is C24H27N3O3. The van der Waals surface area contributed by atoms with Crippen molar-refractivity contribution in [1.82, 2.24) is 9.88 Å². The molecule has 4 rings (SSSR count). The fourth-order valence-corrected chi connectivity index (χ4v) is 3.90. The standard InChI is InChI=1S/C24H27N3O3/c1-2-29-24(28)17-30-21-7-3-5-18(13-21)15-27-12-10-20(16-27)26-23-8-4-6-19-14-25-11-9-22(19)23/h3-9,11,13-14,20,26H,2,10,12,15-17H2,1H3. The van der Waals surface area contributed by atoms with Crippen molar-refractivity contribution in [2.75, 3.05) is 31.6 Å².